The third-order valence-electron chi connectivity index (χ3n) is 7.73. The molecule has 0 radical (unpaired) electrons. The predicted molar refractivity (Wildman–Crippen MR) is 142 cm³/mol. The first kappa shape index (κ1) is 23.3. The van der Waals surface area contributed by atoms with Crippen LogP contribution in [0.3, 0.4) is 0 Å². The van der Waals surface area contributed by atoms with Crippen LogP contribution in [0.25, 0.3) is 21.6 Å². The van der Waals surface area contributed by atoms with E-state index in [2.05, 4.69) is 31.8 Å². The van der Waals surface area contributed by atoms with Crippen molar-refractivity contribution in [1.82, 2.24) is 24.8 Å². The van der Waals surface area contributed by atoms with Gasteiger partial charge in [-0.15, -0.1) is 11.3 Å². The molecule has 6 heterocycles. The molecule has 0 atom stereocenters. The fourth-order valence-corrected chi connectivity index (χ4v) is 6.86. The molecule has 3 aliphatic rings. The molecule has 0 amide bonds. The number of nitrogens with zero attached hydrogens (tertiary/aromatic N) is 6. The number of rotatable bonds is 5. The van der Waals surface area contributed by atoms with Crippen LogP contribution in [-0.2, 0) is 11.3 Å². The molecule has 35 heavy (non-hydrogen) atoms. The van der Waals surface area contributed by atoms with Crippen LogP contribution in [0.4, 0.5) is 5.82 Å². The monoisotopic (exact) mass is 492 g/mol. The number of aryl methyl sites for hydroxylation is 1. The van der Waals surface area contributed by atoms with Crippen LogP contribution in [0, 0.1) is 6.92 Å². The smallest absolute Gasteiger partial charge is 0.163 e. The second kappa shape index (κ2) is 10.5. The number of aromatic nitrogens is 3. The summed E-state index contributed by atoms with van der Waals surface area (Å²) in [6.45, 7) is 11.3. The average Bonchev–Trinajstić information content (AvgIpc) is 3.32. The van der Waals surface area contributed by atoms with E-state index < -0.39 is 0 Å². The topological polar surface area (TPSA) is 57.6 Å². The Balaban J connectivity index is 1.23. The molecule has 0 aromatic carbocycles. The fourth-order valence-electron chi connectivity index (χ4n) is 5.71. The number of fused-ring (bicyclic) bond motifs is 1. The van der Waals surface area contributed by atoms with E-state index in [1.54, 1.807) is 0 Å². The number of hydrogen-bond donors (Lipinski definition) is 0. The number of hydrogen-bond acceptors (Lipinski definition) is 8. The van der Waals surface area contributed by atoms with E-state index >= 15 is 0 Å². The fraction of sp³-hybridized carbons (Fsp3) is 0.593. The van der Waals surface area contributed by atoms with E-state index in [4.69, 9.17) is 14.7 Å². The van der Waals surface area contributed by atoms with Gasteiger partial charge >= 0.3 is 0 Å². The van der Waals surface area contributed by atoms with Crippen molar-refractivity contribution in [3.05, 3.63) is 35.0 Å². The second-order valence-corrected chi connectivity index (χ2v) is 11.3. The maximum absolute atomic E-state index is 5.62. The Morgan fingerprint density at radius 2 is 1.77 bits per heavy atom. The minimum absolute atomic E-state index is 0.747. The van der Waals surface area contributed by atoms with Gasteiger partial charge in [-0.2, -0.15) is 0 Å². The molecule has 0 aliphatic carbocycles. The van der Waals surface area contributed by atoms with Crippen molar-refractivity contribution in [2.75, 3.05) is 57.4 Å². The maximum atomic E-state index is 5.62. The van der Waals surface area contributed by atoms with Gasteiger partial charge in [0, 0.05) is 61.1 Å². The van der Waals surface area contributed by atoms with Crippen molar-refractivity contribution in [2.45, 2.75) is 51.6 Å². The molecule has 0 spiro atoms. The van der Waals surface area contributed by atoms with Crippen LogP contribution in [0.1, 0.15) is 42.7 Å². The van der Waals surface area contributed by atoms with E-state index in [-0.39, 0.29) is 0 Å². The highest BCUT2D eigenvalue weighted by molar-refractivity contribution is 7.19. The van der Waals surface area contributed by atoms with Crippen molar-refractivity contribution in [1.29, 1.82) is 0 Å². The Morgan fingerprint density at radius 1 is 0.971 bits per heavy atom. The first-order chi connectivity index (χ1) is 17.2. The number of pyridine rings is 1. The highest BCUT2D eigenvalue weighted by atomic mass is 32.1. The van der Waals surface area contributed by atoms with Crippen LogP contribution in [0.2, 0.25) is 0 Å². The number of anilines is 1. The van der Waals surface area contributed by atoms with Crippen LogP contribution in [0.15, 0.2) is 24.4 Å². The minimum atomic E-state index is 0.747. The number of thiophene rings is 1. The van der Waals surface area contributed by atoms with Crippen LogP contribution < -0.4 is 4.90 Å². The van der Waals surface area contributed by atoms with Gasteiger partial charge in [0.1, 0.15) is 0 Å². The Kier molecular flexibility index (Phi) is 6.96. The van der Waals surface area contributed by atoms with Gasteiger partial charge in [-0.1, -0.05) is 6.42 Å². The number of morpholine rings is 1. The normalized spacial score (nSPS) is 21.1. The molecule has 3 saturated heterocycles. The third kappa shape index (κ3) is 5.21. The number of piperidine rings is 2. The van der Waals surface area contributed by atoms with Crippen molar-refractivity contribution in [3.63, 3.8) is 0 Å². The zero-order valence-corrected chi connectivity index (χ0v) is 21.6. The van der Waals surface area contributed by atoms with Gasteiger partial charge in [0.25, 0.3) is 0 Å². The summed E-state index contributed by atoms with van der Waals surface area (Å²) in [6.07, 6.45) is 8.67. The molecule has 6 rings (SSSR count). The molecule has 3 aromatic heterocycles. The van der Waals surface area contributed by atoms with Gasteiger partial charge in [0.2, 0.25) is 0 Å². The van der Waals surface area contributed by atoms with E-state index in [0.717, 1.165) is 67.3 Å². The summed E-state index contributed by atoms with van der Waals surface area (Å²) in [4.78, 5) is 23.7. The second-order valence-electron chi connectivity index (χ2n) is 10.2. The molecule has 0 saturated carbocycles. The lowest BCUT2D eigenvalue weighted by Crippen LogP contribution is -2.46. The SMILES string of the molecule is Cc1ccc(-c2nc(N3CCOCC3)c3sc(CN4CCC(N5CCCCC5)CC4)cc3n2)cn1. The Morgan fingerprint density at radius 3 is 2.51 bits per heavy atom. The summed E-state index contributed by atoms with van der Waals surface area (Å²) in [5.41, 5.74) is 3.03. The molecule has 3 aromatic rings. The molecule has 3 aliphatic heterocycles. The molecule has 0 N–H and O–H groups in total. The highest BCUT2D eigenvalue weighted by Gasteiger charge is 2.26. The first-order valence-electron chi connectivity index (χ1n) is 13.3. The Labute approximate surface area is 212 Å². The summed E-state index contributed by atoms with van der Waals surface area (Å²) in [6, 6.07) is 7.20. The summed E-state index contributed by atoms with van der Waals surface area (Å²) in [5.74, 6) is 1.81. The Hall–Kier alpha value is -2.13. The average molecular weight is 493 g/mol. The first-order valence-corrected chi connectivity index (χ1v) is 14.1. The van der Waals surface area contributed by atoms with Crippen LogP contribution in [-0.4, -0.2) is 83.3 Å². The van der Waals surface area contributed by atoms with Gasteiger partial charge in [0.05, 0.1) is 23.4 Å². The number of ether oxygens (including phenoxy) is 1. The predicted octanol–water partition coefficient (Wildman–Crippen LogP) is 4.35. The zero-order chi connectivity index (χ0) is 23.6. The zero-order valence-electron chi connectivity index (χ0n) is 20.8. The minimum Gasteiger partial charge on any atom is -0.378 e. The molecule has 3 fully saturated rings. The molecular weight excluding hydrogens is 456 g/mol. The van der Waals surface area contributed by atoms with Crippen LogP contribution in [0.5, 0.6) is 0 Å². The maximum Gasteiger partial charge on any atom is 0.163 e. The summed E-state index contributed by atoms with van der Waals surface area (Å²) < 4.78 is 6.82. The van der Waals surface area contributed by atoms with Crippen molar-refractivity contribution >= 4 is 27.4 Å². The van der Waals surface area contributed by atoms with Gasteiger partial charge in [-0.25, -0.2) is 9.97 Å². The number of likely N-dealkylation sites (tertiary alicyclic amines) is 2. The summed E-state index contributed by atoms with van der Waals surface area (Å²) in [5, 5.41) is 0. The van der Waals surface area contributed by atoms with Gasteiger partial charge < -0.3 is 14.5 Å². The third-order valence-corrected chi connectivity index (χ3v) is 8.83. The highest BCUT2D eigenvalue weighted by Crippen LogP contribution is 2.35. The van der Waals surface area contributed by atoms with E-state index in [0.29, 0.717) is 0 Å². The molecule has 7 nitrogen and oxygen atoms in total. The van der Waals surface area contributed by atoms with Crippen LogP contribution >= 0.6 is 11.3 Å². The van der Waals surface area contributed by atoms with Gasteiger partial charge in [0.15, 0.2) is 11.6 Å². The van der Waals surface area contributed by atoms with Gasteiger partial charge in [-0.05, 0) is 63.9 Å². The molecule has 0 bridgehead atoms. The molecular formula is C27H36N6OS. The van der Waals surface area contributed by atoms with Crippen molar-refractivity contribution < 1.29 is 4.74 Å². The summed E-state index contributed by atoms with van der Waals surface area (Å²) in [7, 11) is 0. The van der Waals surface area contributed by atoms with Gasteiger partial charge in [-0.3, -0.25) is 9.88 Å². The molecule has 8 heteroatoms. The lowest BCUT2D eigenvalue weighted by Gasteiger charge is -2.40. The quantitative estimate of drug-likeness (QED) is 0.525. The summed E-state index contributed by atoms with van der Waals surface area (Å²) >= 11 is 1.87. The van der Waals surface area contributed by atoms with E-state index in [1.807, 2.05) is 30.5 Å². The van der Waals surface area contributed by atoms with E-state index in [1.165, 1.54) is 67.9 Å². The standard InChI is InChI=1S/C27H36N6OS/c1-20-5-6-21(18-28-20)26-29-24-17-23(35-25(24)27(30-26)33-13-15-34-16-14-33)19-31-11-7-22(8-12-31)32-9-3-2-4-10-32/h5-6,17-18,22H,2-4,7-16,19H2,1H3. The lowest BCUT2D eigenvalue weighted by molar-refractivity contribution is 0.0901. The van der Waals surface area contributed by atoms with Crippen molar-refractivity contribution in [2.24, 2.45) is 0 Å². The largest absolute Gasteiger partial charge is 0.378 e. The van der Waals surface area contributed by atoms with E-state index in [9.17, 15) is 0 Å². The lowest BCUT2D eigenvalue weighted by atomic mass is 10.00. The Bertz CT molecular complexity index is 1130. The molecule has 186 valence electrons. The molecule has 0 unspecified atom stereocenters. The van der Waals surface area contributed by atoms with Crippen molar-refractivity contribution in [3.8, 4) is 11.4 Å².